The van der Waals surface area contributed by atoms with Gasteiger partial charge in [-0.25, -0.2) is 0 Å². The SMILES string of the molecule is O=c1ccccn1Cc1ccc(CNC(=S)NC[C@@H]2CCCO2)cc1. The van der Waals surface area contributed by atoms with Crippen LogP contribution in [0.1, 0.15) is 24.0 Å². The number of nitrogens with zero attached hydrogens (tertiary/aromatic N) is 1. The van der Waals surface area contributed by atoms with Crippen LogP contribution in [0.3, 0.4) is 0 Å². The summed E-state index contributed by atoms with van der Waals surface area (Å²) < 4.78 is 7.25. The first-order valence-corrected chi connectivity index (χ1v) is 8.98. The molecule has 3 rings (SSSR count). The molecule has 0 amide bonds. The molecule has 1 aliphatic rings. The Morgan fingerprint density at radius 3 is 2.68 bits per heavy atom. The van der Waals surface area contributed by atoms with Crippen molar-refractivity contribution in [3.05, 3.63) is 70.1 Å². The minimum atomic E-state index is 0.0101. The summed E-state index contributed by atoms with van der Waals surface area (Å²) in [6, 6.07) is 13.4. The maximum Gasteiger partial charge on any atom is 0.250 e. The van der Waals surface area contributed by atoms with Crippen LogP contribution in [0.2, 0.25) is 0 Å². The number of nitrogens with one attached hydrogen (secondary N) is 2. The second kappa shape index (κ2) is 8.78. The summed E-state index contributed by atoms with van der Waals surface area (Å²) in [5.41, 5.74) is 2.25. The van der Waals surface area contributed by atoms with Gasteiger partial charge < -0.3 is 19.9 Å². The Kier molecular flexibility index (Phi) is 6.19. The van der Waals surface area contributed by atoms with Gasteiger partial charge in [0.25, 0.3) is 5.56 Å². The molecule has 1 aliphatic heterocycles. The van der Waals surface area contributed by atoms with E-state index in [1.807, 2.05) is 18.2 Å². The molecule has 0 bridgehead atoms. The van der Waals surface area contributed by atoms with E-state index < -0.39 is 0 Å². The molecule has 25 heavy (non-hydrogen) atoms. The van der Waals surface area contributed by atoms with Gasteiger partial charge in [0.1, 0.15) is 0 Å². The van der Waals surface area contributed by atoms with Gasteiger partial charge in [0.05, 0.1) is 12.6 Å². The molecule has 5 nitrogen and oxygen atoms in total. The average molecular weight is 357 g/mol. The van der Waals surface area contributed by atoms with Crippen molar-refractivity contribution in [2.45, 2.75) is 32.0 Å². The van der Waals surface area contributed by atoms with Crippen LogP contribution >= 0.6 is 12.2 Å². The Bertz CT molecular complexity index is 752. The zero-order chi connectivity index (χ0) is 17.5. The van der Waals surface area contributed by atoms with Crippen LogP contribution < -0.4 is 16.2 Å². The molecule has 1 aromatic heterocycles. The fourth-order valence-corrected chi connectivity index (χ4v) is 2.96. The number of hydrogen-bond donors (Lipinski definition) is 2. The number of hydrogen-bond acceptors (Lipinski definition) is 3. The van der Waals surface area contributed by atoms with Crippen LogP contribution in [0.4, 0.5) is 0 Å². The quantitative estimate of drug-likeness (QED) is 0.775. The van der Waals surface area contributed by atoms with Gasteiger partial charge in [-0.1, -0.05) is 30.3 Å². The molecule has 0 spiro atoms. The van der Waals surface area contributed by atoms with E-state index >= 15 is 0 Å². The maximum absolute atomic E-state index is 11.7. The van der Waals surface area contributed by atoms with Gasteiger partial charge in [0.15, 0.2) is 5.11 Å². The zero-order valence-corrected chi connectivity index (χ0v) is 14.9. The van der Waals surface area contributed by atoms with Crippen LogP contribution in [0, 0.1) is 0 Å². The fraction of sp³-hybridized carbons (Fsp3) is 0.368. The number of rotatable bonds is 6. The molecule has 2 aromatic rings. The highest BCUT2D eigenvalue weighted by Gasteiger charge is 2.15. The van der Waals surface area contributed by atoms with Crippen LogP contribution in [-0.2, 0) is 17.8 Å². The van der Waals surface area contributed by atoms with Gasteiger partial charge in [-0.3, -0.25) is 4.79 Å². The molecule has 1 saturated heterocycles. The minimum Gasteiger partial charge on any atom is -0.376 e. The van der Waals surface area contributed by atoms with E-state index in [4.69, 9.17) is 17.0 Å². The van der Waals surface area contributed by atoms with E-state index in [0.29, 0.717) is 18.2 Å². The molecular weight excluding hydrogens is 334 g/mol. The summed E-state index contributed by atoms with van der Waals surface area (Å²) in [6.07, 6.45) is 4.31. The standard InChI is InChI=1S/C19H23N3O2S/c23-18-5-1-2-10-22(18)14-16-8-6-15(7-9-16)12-20-19(25)21-13-17-4-3-11-24-17/h1-2,5-10,17H,3-4,11-14H2,(H2,20,21,25)/t17-/m0/s1. The first kappa shape index (κ1) is 17.6. The van der Waals surface area contributed by atoms with Crippen molar-refractivity contribution in [2.75, 3.05) is 13.2 Å². The minimum absolute atomic E-state index is 0.0101. The monoisotopic (exact) mass is 357 g/mol. The number of ether oxygens (including phenoxy) is 1. The molecule has 1 aromatic carbocycles. The van der Waals surface area contributed by atoms with Gasteiger partial charge in [0.2, 0.25) is 0 Å². The van der Waals surface area contributed by atoms with E-state index in [2.05, 4.69) is 22.8 Å². The lowest BCUT2D eigenvalue weighted by Gasteiger charge is -2.14. The van der Waals surface area contributed by atoms with E-state index in [1.165, 1.54) is 0 Å². The van der Waals surface area contributed by atoms with Crippen molar-refractivity contribution >= 4 is 17.3 Å². The van der Waals surface area contributed by atoms with E-state index in [1.54, 1.807) is 22.9 Å². The highest BCUT2D eigenvalue weighted by atomic mass is 32.1. The molecule has 2 heterocycles. The van der Waals surface area contributed by atoms with Crippen molar-refractivity contribution in [3.63, 3.8) is 0 Å². The molecule has 0 radical (unpaired) electrons. The largest absolute Gasteiger partial charge is 0.376 e. The Morgan fingerprint density at radius 2 is 1.96 bits per heavy atom. The van der Waals surface area contributed by atoms with Crippen molar-refractivity contribution in [3.8, 4) is 0 Å². The highest BCUT2D eigenvalue weighted by Crippen LogP contribution is 2.10. The van der Waals surface area contributed by atoms with Gasteiger partial charge in [-0.05, 0) is 42.3 Å². The second-order valence-corrected chi connectivity index (χ2v) is 6.59. The van der Waals surface area contributed by atoms with Crippen LogP contribution in [0.15, 0.2) is 53.5 Å². The Morgan fingerprint density at radius 1 is 1.16 bits per heavy atom. The lowest BCUT2D eigenvalue weighted by atomic mass is 10.1. The highest BCUT2D eigenvalue weighted by molar-refractivity contribution is 7.80. The summed E-state index contributed by atoms with van der Waals surface area (Å²) in [7, 11) is 0. The average Bonchev–Trinajstić information content (AvgIpc) is 3.15. The van der Waals surface area contributed by atoms with Crippen LogP contribution in [0.25, 0.3) is 0 Å². The number of thiocarbonyl (C=S) groups is 1. The third-order valence-electron chi connectivity index (χ3n) is 4.24. The van der Waals surface area contributed by atoms with Crippen molar-refractivity contribution < 1.29 is 4.74 Å². The molecule has 0 saturated carbocycles. The predicted octanol–water partition coefficient (Wildman–Crippen LogP) is 2.04. The molecule has 0 unspecified atom stereocenters. The third-order valence-corrected chi connectivity index (χ3v) is 4.53. The zero-order valence-electron chi connectivity index (χ0n) is 14.1. The van der Waals surface area contributed by atoms with Crippen molar-refractivity contribution in [2.24, 2.45) is 0 Å². The van der Waals surface area contributed by atoms with Crippen molar-refractivity contribution in [1.29, 1.82) is 0 Å². The summed E-state index contributed by atoms with van der Waals surface area (Å²) in [5.74, 6) is 0. The first-order valence-electron chi connectivity index (χ1n) is 8.57. The summed E-state index contributed by atoms with van der Waals surface area (Å²) in [5, 5.41) is 7.06. The van der Waals surface area contributed by atoms with E-state index in [-0.39, 0.29) is 11.7 Å². The summed E-state index contributed by atoms with van der Waals surface area (Å²) in [6.45, 7) is 2.86. The van der Waals surface area contributed by atoms with E-state index in [9.17, 15) is 4.79 Å². The lowest BCUT2D eigenvalue weighted by molar-refractivity contribution is 0.114. The summed E-state index contributed by atoms with van der Waals surface area (Å²) in [4.78, 5) is 11.7. The van der Waals surface area contributed by atoms with Gasteiger partial charge in [0, 0.05) is 32.0 Å². The molecule has 1 atom stereocenters. The predicted molar refractivity (Wildman–Crippen MR) is 103 cm³/mol. The Balaban J connectivity index is 1.45. The van der Waals surface area contributed by atoms with Crippen molar-refractivity contribution in [1.82, 2.24) is 15.2 Å². The molecule has 132 valence electrons. The smallest absolute Gasteiger partial charge is 0.250 e. The van der Waals surface area contributed by atoms with Crippen LogP contribution in [-0.4, -0.2) is 28.9 Å². The first-order chi connectivity index (χ1) is 12.2. The number of pyridine rings is 1. The molecule has 1 fully saturated rings. The number of benzene rings is 1. The topological polar surface area (TPSA) is 55.3 Å². The van der Waals surface area contributed by atoms with E-state index in [0.717, 1.165) is 37.1 Å². The Labute approximate surface area is 153 Å². The third kappa shape index (κ3) is 5.41. The normalized spacial score (nSPS) is 16.6. The molecular formula is C19H23N3O2S. The number of aromatic nitrogens is 1. The Hall–Kier alpha value is -2.18. The second-order valence-electron chi connectivity index (χ2n) is 6.18. The molecule has 6 heteroatoms. The molecule has 0 aliphatic carbocycles. The van der Waals surface area contributed by atoms with Crippen LogP contribution in [0.5, 0.6) is 0 Å². The van der Waals surface area contributed by atoms with Gasteiger partial charge in [-0.2, -0.15) is 0 Å². The van der Waals surface area contributed by atoms with Gasteiger partial charge >= 0.3 is 0 Å². The van der Waals surface area contributed by atoms with Gasteiger partial charge in [-0.15, -0.1) is 0 Å². The molecule has 2 N–H and O–H groups in total. The summed E-state index contributed by atoms with van der Waals surface area (Å²) >= 11 is 5.30. The fourth-order valence-electron chi connectivity index (χ4n) is 2.81. The maximum atomic E-state index is 11.7. The lowest BCUT2D eigenvalue weighted by Crippen LogP contribution is -2.39.